The van der Waals surface area contributed by atoms with Gasteiger partial charge in [-0.15, -0.1) is 5.10 Å². The molecule has 1 aromatic carbocycles. The van der Waals surface area contributed by atoms with E-state index in [1.807, 2.05) is 10.6 Å². The second-order valence-corrected chi connectivity index (χ2v) is 7.88. The number of quaternary nitrogens is 1. The van der Waals surface area contributed by atoms with Gasteiger partial charge in [-0.2, -0.15) is 0 Å². The average Bonchev–Trinajstić information content (AvgIpc) is 3.26. The number of benzene rings is 1. The summed E-state index contributed by atoms with van der Waals surface area (Å²) in [6, 6.07) is 10.4. The molecular weight excluding hydrogens is 364 g/mol. The van der Waals surface area contributed by atoms with Crippen LogP contribution in [0.4, 0.5) is 0 Å². The summed E-state index contributed by atoms with van der Waals surface area (Å²) in [5.74, 6) is 0.827. The number of nitrogens with one attached hydrogen (secondary N) is 1. The van der Waals surface area contributed by atoms with Crippen molar-refractivity contribution in [2.75, 3.05) is 32.8 Å². The average molecular weight is 391 g/mol. The number of hydrogen-bond acceptors (Lipinski definition) is 4. The molecule has 150 valence electrons. The predicted octanol–water partition coefficient (Wildman–Crippen LogP) is 1.20. The van der Waals surface area contributed by atoms with Gasteiger partial charge < -0.3 is 14.2 Å². The number of ether oxygens (including phenoxy) is 1. The lowest BCUT2D eigenvalue weighted by Crippen LogP contribution is -3.14. The van der Waals surface area contributed by atoms with Crippen LogP contribution in [0.25, 0.3) is 16.7 Å². The van der Waals surface area contributed by atoms with Crippen molar-refractivity contribution in [3.63, 3.8) is 0 Å². The van der Waals surface area contributed by atoms with Crippen molar-refractivity contribution in [3.05, 3.63) is 59.3 Å². The maximum absolute atomic E-state index is 5.48. The summed E-state index contributed by atoms with van der Waals surface area (Å²) in [6.07, 6.45) is 2.53. The molecule has 0 aliphatic carbocycles. The topological polar surface area (TPSA) is 61.7 Å². The van der Waals surface area contributed by atoms with E-state index in [-0.39, 0.29) is 0 Å². The minimum atomic E-state index is 0.725. The second-order valence-electron chi connectivity index (χ2n) is 7.88. The molecule has 7 heteroatoms. The van der Waals surface area contributed by atoms with E-state index in [9.17, 15) is 0 Å². The lowest BCUT2D eigenvalue weighted by atomic mass is 10.1. The fourth-order valence-corrected chi connectivity index (χ4v) is 4.28. The summed E-state index contributed by atoms with van der Waals surface area (Å²) in [5, 5.41) is 5.79. The molecule has 4 aromatic rings. The first kappa shape index (κ1) is 18.3. The molecule has 1 fully saturated rings. The lowest BCUT2D eigenvalue weighted by Gasteiger charge is -2.24. The highest BCUT2D eigenvalue weighted by molar-refractivity contribution is 5.93. The van der Waals surface area contributed by atoms with E-state index >= 15 is 0 Å². The van der Waals surface area contributed by atoms with Crippen LogP contribution in [0.3, 0.4) is 0 Å². The molecule has 7 nitrogen and oxygen atoms in total. The zero-order valence-corrected chi connectivity index (χ0v) is 17.1. The van der Waals surface area contributed by atoms with Gasteiger partial charge >= 0.3 is 0 Å². The SMILES string of the molecule is Cc1c(C)n(CC[NH+]2CCOCC2)c2ncn3nc(Cc4ccccc4)nc3c12. The van der Waals surface area contributed by atoms with E-state index in [2.05, 4.69) is 47.8 Å². The molecule has 1 saturated heterocycles. The van der Waals surface area contributed by atoms with Crippen molar-refractivity contribution >= 4 is 16.7 Å². The van der Waals surface area contributed by atoms with Crippen molar-refractivity contribution < 1.29 is 9.64 Å². The Morgan fingerprint density at radius 3 is 2.66 bits per heavy atom. The second kappa shape index (κ2) is 7.57. The van der Waals surface area contributed by atoms with Gasteiger partial charge in [-0.1, -0.05) is 30.3 Å². The normalized spacial score (nSPS) is 15.5. The van der Waals surface area contributed by atoms with Gasteiger partial charge in [0, 0.05) is 12.1 Å². The minimum absolute atomic E-state index is 0.725. The first-order chi connectivity index (χ1) is 14.2. The van der Waals surface area contributed by atoms with Gasteiger partial charge in [0.25, 0.3) is 0 Å². The molecule has 0 saturated carbocycles. The predicted molar refractivity (Wildman–Crippen MR) is 111 cm³/mol. The smallest absolute Gasteiger partial charge is 0.168 e. The van der Waals surface area contributed by atoms with E-state index in [1.54, 1.807) is 11.2 Å². The van der Waals surface area contributed by atoms with Crippen LogP contribution in [0, 0.1) is 13.8 Å². The van der Waals surface area contributed by atoms with E-state index in [0.717, 1.165) is 68.3 Å². The maximum Gasteiger partial charge on any atom is 0.168 e. The Hall–Kier alpha value is -2.77. The van der Waals surface area contributed by atoms with Crippen molar-refractivity contribution in [3.8, 4) is 0 Å². The van der Waals surface area contributed by atoms with Gasteiger partial charge in [-0.05, 0) is 25.0 Å². The van der Waals surface area contributed by atoms with Crippen molar-refractivity contribution in [2.24, 2.45) is 0 Å². The molecule has 1 aliphatic heterocycles. The van der Waals surface area contributed by atoms with Crippen LogP contribution in [-0.4, -0.2) is 57.0 Å². The molecule has 29 heavy (non-hydrogen) atoms. The molecular formula is C22H27N6O+. The number of rotatable bonds is 5. The van der Waals surface area contributed by atoms with Gasteiger partial charge in [0.05, 0.1) is 31.7 Å². The Kier molecular flexibility index (Phi) is 4.77. The van der Waals surface area contributed by atoms with E-state index in [1.165, 1.54) is 16.8 Å². The fourth-order valence-electron chi connectivity index (χ4n) is 4.28. The quantitative estimate of drug-likeness (QED) is 0.555. The van der Waals surface area contributed by atoms with Crippen molar-refractivity contribution in [1.82, 2.24) is 24.1 Å². The number of aryl methyl sites for hydroxylation is 1. The zero-order chi connectivity index (χ0) is 19.8. The first-order valence-electron chi connectivity index (χ1n) is 10.4. The molecule has 0 radical (unpaired) electrons. The van der Waals surface area contributed by atoms with Crippen LogP contribution in [0.1, 0.15) is 22.6 Å². The molecule has 0 bridgehead atoms. The number of fused-ring (bicyclic) bond motifs is 3. The zero-order valence-electron chi connectivity index (χ0n) is 17.1. The van der Waals surface area contributed by atoms with Gasteiger partial charge in [-0.25, -0.2) is 14.5 Å². The third-order valence-electron chi connectivity index (χ3n) is 6.08. The highest BCUT2D eigenvalue weighted by Crippen LogP contribution is 2.26. The number of nitrogens with zero attached hydrogens (tertiary/aromatic N) is 5. The molecule has 1 aliphatic rings. The maximum atomic E-state index is 5.48. The van der Waals surface area contributed by atoms with Crippen LogP contribution in [0.2, 0.25) is 0 Å². The third-order valence-corrected chi connectivity index (χ3v) is 6.08. The lowest BCUT2D eigenvalue weighted by molar-refractivity contribution is -0.908. The summed E-state index contributed by atoms with van der Waals surface area (Å²) in [6.45, 7) is 10.3. The van der Waals surface area contributed by atoms with Crippen molar-refractivity contribution in [1.29, 1.82) is 0 Å². The molecule has 5 rings (SSSR count). The molecule has 0 atom stereocenters. The molecule has 0 unspecified atom stereocenters. The van der Waals surface area contributed by atoms with Crippen molar-refractivity contribution in [2.45, 2.75) is 26.8 Å². The summed E-state index contributed by atoms with van der Waals surface area (Å²) in [4.78, 5) is 11.2. The highest BCUT2D eigenvalue weighted by Gasteiger charge is 2.20. The van der Waals surface area contributed by atoms with Crippen LogP contribution in [0.5, 0.6) is 0 Å². The molecule has 0 amide bonds. The summed E-state index contributed by atoms with van der Waals surface area (Å²) < 4.78 is 9.65. The Morgan fingerprint density at radius 2 is 1.86 bits per heavy atom. The molecule has 3 aromatic heterocycles. The first-order valence-corrected chi connectivity index (χ1v) is 10.4. The van der Waals surface area contributed by atoms with Crippen LogP contribution in [0.15, 0.2) is 36.7 Å². The summed E-state index contributed by atoms with van der Waals surface area (Å²) in [5.41, 5.74) is 5.64. The number of hydrogen-bond donors (Lipinski definition) is 1. The van der Waals surface area contributed by atoms with Crippen LogP contribution >= 0.6 is 0 Å². The third kappa shape index (κ3) is 3.41. The van der Waals surface area contributed by atoms with Gasteiger partial charge in [0.1, 0.15) is 25.1 Å². The fraction of sp³-hybridized carbons (Fsp3) is 0.409. The van der Waals surface area contributed by atoms with Gasteiger partial charge in [0.15, 0.2) is 11.5 Å². The van der Waals surface area contributed by atoms with E-state index in [4.69, 9.17) is 14.7 Å². The van der Waals surface area contributed by atoms with E-state index < -0.39 is 0 Å². The van der Waals surface area contributed by atoms with Gasteiger partial charge in [-0.3, -0.25) is 0 Å². The Balaban J connectivity index is 1.49. The standard InChI is InChI=1S/C22H26N6O/c1-16-17(2)27(9-8-26-10-12-29-13-11-26)21-20(16)22-24-19(25-28(22)15-23-21)14-18-6-4-3-5-7-18/h3-7,15H,8-14H2,1-2H3/p+1. The monoisotopic (exact) mass is 391 g/mol. The summed E-state index contributed by atoms with van der Waals surface area (Å²) in [7, 11) is 0. The minimum Gasteiger partial charge on any atom is -0.370 e. The van der Waals surface area contributed by atoms with Crippen LogP contribution < -0.4 is 4.90 Å². The highest BCUT2D eigenvalue weighted by atomic mass is 16.5. The molecule has 0 spiro atoms. The molecule has 4 heterocycles. The Bertz CT molecular complexity index is 1140. The Morgan fingerprint density at radius 1 is 1.07 bits per heavy atom. The number of morpholine rings is 1. The molecule has 1 N–H and O–H groups in total. The summed E-state index contributed by atoms with van der Waals surface area (Å²) >= 11 is 0. The van der Waals surface area contributed by atoms with Gasteiger partial charge in [0.2, 0.25) is 0 Å². The van der Waals surface area contributed by atoms with E-state index in [0.29, 0.717) is 0 Å². The van der Waals surface area contributed by atoms with Crippen LogP contribution in [-0.2, 0) is 17.7 Å². The largest absolute Gasteiger partial charge is 0.370 e. The Labute approximate surface area is 169 Å². The number of aromatic nitrogens is 5.